The second-order valence-electron chi connectivity index (χ2n) is 3.86. The quantitative estimate of drug-likeness (QED) is 0.746. The van der Waals surface area contributed by atoms with Crippen LogP contribution in [0, 0.1) is 0 Å². The third kappa shape index (κ3) is 2.04. The van der Waals surface area contributed by atoms with Gasteiger partial charge in [-0.3, -0.25) is 0 Å². The molecule has 2 N–H and O–H groups in total. The average Bonchev–Trinajstić information content (AvgIpc) is 2.52. The van der Waals surface area contributed by atoms with Gasteiger partial charge in [0.05, 0.1) is 0 Å². The molecule has 0 aromatic carbocycles. The van der Waals surface area contributed by atoms with Crippen molar-refractivity contribution in [1.82, 2.24) is 15.0 Å². The Balaban J connectivity index is 1.94. The molecule has 1 aliphatic rings. The van der Waals surface area contributed by atoms with Crippen LogP contribution in [0.4, 0.5) is 0 Å². The zero-order valence-electron chi connectivity index (χ0n) is 8.39. The van der Waals surface area contributed by atoms with Gasteiger partial charge >= 0.3 is 0 Å². The van der Waals surface area contributed by atoms with E-state index >= 15 is 0 Å². The Kier molecular flexibility index (Phi) is 2.67. The zero-order valence-corrected chi connectivity index (χ0v) is 8.39. The molecule has 1 aliphatic carbocycles. The molecule has 1 saturated carbocycles. The monoisotopic (exact) mass is 196 g/mol. The van der Waals surface area contributed by atoms with Gasteiger partial charge < -0.3 is 10.5 Å². The fourth-order valence-electron chi connectivity index (χ4n) is 1.85. The van der Waals surface area contributed by atoms with Gasteiger partial charge in [0.25, 0.3) is 0 Å². The smallest absolute Gasteiger partial charge is 0.232 e. The van der Waals surface area contributed by atoms with Crippen molar-refractivity contribution < 1.29 is 4.74 Å². The Morgan fingerprint density at radius 2 is 2.43 bits per heavy atom. The summed E-state index contributed by atoms with van der Waals surface area (Å²) < 4.78 is 7.39. The lowest BCUT2D eigenvalue weighted by atomic mass is 9.94. The molecule has 0 saturated heterocycles. The molecule has 14 heavy (non-hydrogen) atoms. The van der Waals surface area contributed by atoms with Crippen LogP contribution >= 0.6 is 0 Å². The van der Waals surface area contributed by atoms with Crippen molar-refractivity contribution in [2.45, 2.75) is 37.8 Å². The van der Waals surface area contributed by atoms with Gasteiger partial charge in [-0.2, -0.15) is 0 Å². The summed E-state index contributed by atoms with van der Waals surface area (Å²) in [5, 5.41) is 7.57. The molecular formula is C9H16N4O. The molecule has 2 unspecified atom stereocenters. The normalized spacial score (nSPS) is 27.6. The molecule has 0 spiro atoms. The maximum absolute atomic E-state index is 5.87. The summed E-state index contributed by atoms with van der Waals surface area (Å²) in [6.07, 6.45) is 6.15. The topological polar surface area (TPSA) is 66.0 Å². The minimum Gasteiger partial charge on any atom is -0.473 e. The van der Waals surface area contributed by atoms with Gasteiger partial charge in [0.15, 0.2) is 0 Å². The SMILES string of the molecule is Cn1nncc1OC1CCCC(N)C1. The third-order valence-electron chi connectivity index (χ3n) is 2.63. The molecule has 0 radical (unpaired) electrons. The third-order valence-corrected chi connectivity index (χ3v) is 2.63. The molecule has 1 aromatic heterocycles. The van der Waals surface area contributed by atoms with E-state index in [1.807, 2.05) is 7.05 Å². The summed E-state index contributed by atoms with van der Waals surface area (Å²) in [4.78, 5) is 0. The first-order valence-corrected chi connectivity index (χ1v) is 5.02. The van der Waals surface area contributed by atoms with E-state index in [0.717, 1.165) is 31.6 Å². The average molecular weight is 196 g/mol. The first-order chi connectivity index (χ1) is 6.75. The van der Waals surface area contributed by atoms with E-state index in [4.69, 9.17) is 10.5 Å². The molecule has 2 atom stereocenters. The van der Waals surface area contributed by atoms with Gasteiger partial charge in [0.2, 0.25) is 5.88 Å². The molecule has 5 heteroatoms. The van der Waals surface area contributed by atoms with E-state index in [1.54, 1.807) is 10.9 Å². The molecule has 78 valence electrons. The largest absolute Gasteiger partial charge is 0.473 e. The number of hydrogen-bond donors (Lipinski definition) is 1. The molecule has 0 amide bonds. The number of nitrogens with zero attached hydrogens (tertiary/aromatic N) is 3. The number of hydrogen-bond acceptors (Lipinski definition) is 4. The van der Waals surface area contributed by atoms with Crippen molar-refractivity contribution in [2.24, 2.45) is 12.8 Å². The van der Waals surface area contributed by atoms with E-state index in [-0.39, 0.29) is 12.1 Å². The van der Waals surface area contributed by atoms with Crippen LogP contribution in [-0.2, 0) is 7.05 Å². The molecule has 1 heterocycles. The molecule has 2 rings (SSSR count). The fourth-order valence-corrected chi connectivity index (χ4v) is 1.85. The summed E-state index contributed by atoms with van der Waals surface area (Å²) in [6, 6.07) is 0.287. The number of aryl methyl sites for hydroxylation is 1. The summed E-state index contributed by atoms with van der Waals surface area (Å²) in [5.74, 6) is 0.726. The minimum absolute atomic E-state index is 0.232. The molecule has 0 bridgehead atoms. The van der Waals surface area contributed by atoms with Crippen molar-refractivity contribution in [1.29, 1.82) is 0 Å². The van der Waals surface area contributed by atoms with E-state index in [1.165, 1.54) is 0 Å². The Hall–Kier alpha value is -1.10. The van der Waals surface area contributed by atoms with Gasteiger partial charge in [0, 0.05) is 13.1 Å². The lowest BCUT2D eigenvalue weighted by Gasteiger charge is -2.26. The van der Waals surface area contributed by atoms with Gasteiger partial charge in [-0.15, -0.1) is 5.10 Å². The summed E-state index contributed by atoms with van der Waals surface area (Å²) in [6.45, 7) is 0. The van der Waals surface area contributed by atoms with Crippen LogP contribution in [0.25, 0.3) is 0 Å². The molecule has 5 nitrogen and oxygen atoms in total. The fraction of sp³-hybridized carbons (Fsp3) is 0.778. The maximum atomic E-state index is 5.87. The Morgan fingerprint density at radius 1 is 1.57 bits per heavy atom. The Labute approximate surface area is 83.2 Å². The van der Waals surface area contributed by atoms with Gasteiger partial charge in [-0.1, -0.05) is 5.21 Å². The molecular weight excluding hydrogens is 180 g/mol. The van der Waals surface area contributed by atoms with Crippen molar-refractivity contribution >= 4 is 0 Å². The van der Waals surface area contributed by atoms with E-state index in [2.05, 4.69) is 10.3 Å². The van der Waals surface area contributed by atoms with Crippen LogP contribution in [0.1, 0.15) is 25.7 Å². The zero-order chi connectivity index (χ0) is 9.97. The first kappa shape index (κ1) is 9.45. The van der Waals surface area contributed by atoms with Crippen LogP contribution in [0.2, 0.25) is 0 Å². The highest BCUT2D eigenvalue weighted by molar-refractivity contribution is 5.01. The first-order valence-electron chi connectivity index (χ1n) is 5.02. The lowest BCUT2D eigenvalue weighted by Crippen LogP contribution is -2.34. The highest BCUT2D eigenvalue weighted by atomic mass is 16.5. The predicted molar refractivity (Wildman–Crippen MR) is 51.9 cm³/mol. The molecule has 1 aromatic rings. The van der Waals surface area contributed by atoms with Crippen LogP contribution in [0.15, 0.2) is 6.20 Å². The number of aromatic nitrogens is 3. The van der Waals surface area contributed by atoms with Gasteiger partial charge in [-0.05, 0) is 25.7 Å². The Bertz CT molecular complexity index is 299. The predicted octanol–water partition coefficient (Wildman–Crippen LogP) is 0.464. The number of ether oxygens (including phenoxy) is 1. The molecule has 0 aliphatic heterocycles. The standard InChI is InChI=1S/C9H16N4O/c1-13-9(6-11-12-13)14-8-4-2-3-7(10)5-8/h6-8H,2-5,10H2,1H3. The minimum atomic E-state index is 0.232. The van der Waals surface area contributed by atoms with Crippen LogP contribution in [0.5, 0.6) is 5.88 Å². The van der Waals surface area contributed by atoms with E-state index in [9.17, 15) is 0 Å². The summed E-state index contributed by atoms with van der Waals surface area (Å²) >= 11 is 0. The number of rotatable bonds is 2. The van der Waals surface area contributed by atoms with Crippen molar-refractivity contribution in [3.05, 3.63) is 6.20 Å². The second-order valence-corrected chi connectivity index (χ2v) is 3.86. The van der Waals surface area contributed by atoms with Crippen molar-refractivity contribution in [3.8, 4) is 5.88 Å². The van der Waals surface area contributed by atoms with Crippen LogP contribution in [0.3, 0.4) is 0 Å². The second kappa shape index (κ2) is 3.96. The van der Waals surface area contributed by atoms with Gasteiger partial charge in [0.1, 0.15) is 12.3 Å². The summed E-state index contributed by atoms with van der Waals surface area (Å²) in [7, 11) is 1.82. The summed E-state index contributed by atoms with van der Waals surface area (Å²) in [5.41, 5.74) is 5.87. The lowest BCUT2D eigenvalue weighted by molar-refractivity contribution is 0.133. The van der Waals surface area contributed by atoms with Crippen LogP contribution < -0.4 is 10.5 Å². The number of nitrogens with two attached hydrogens (primary N) is 1. The van der Waals surface area contributed by atoms with Crippen molar-refractivity contribution in [3.63, 3.8) is 0 Å². The van der Waals surface area contributed by atoms with Crippen LogP contribution in [-0.4, -0.2) is 27.1 Å². The Morgan fingerprint density at radius 3 is 3.07 bits per heavy atom. The van der Waals surface area contributed by atoms with Gasteiger partial charge in [-0.25, -0.2) is 4.68 Å². The highest BCUT2D eigenvalue weighted by Gasteiger charge is 2.21. The molecule has 1 fully saturated rings. The van der Waals surface area contributed by atoms with E-state index in [0.29, 0.717) is 0 Å². The highest BCUT2D eigenvalue weighted by Crippen LogP contribution is 2.21. The van der Waals surface area contributed by atoms with Crippen molar-refractivity contribution in [2.75, 3.05) is 0 Å². The van der Waals surface area contributed by atoms with E-state index < -0.39 is 0 Å². The maximum Gasteiger partial charge on any atom is 0.232 e.